The van der Waals surface area contributed by atoms with Crippen molar-refractivity contribution < 1.29 is 23.9 Å². The van der Waals surface area contributed by atoms with Gasteiger partial charge in [0.15, 0.2) is 5.69 Å². The molecule has 21 heavy (non-hydrogen) atoms. The highest BCUT2D eigenvalue weighted by molar-refractivity contribution is 5.90. The zero-order chi connectivity index (χ0) is 16.2. The number of hydrogen-bond acceptors (Lipinski definition) is 7. The number of esters is 2. The number of rotatable bonds is 5. The van der Waals surface area contributed by atoms with Gasteiger partial charge in [0, 0.05) is 14.1 Å². The number of nitrogens with zero attached hydrogens (tertiary/aromatic N) is 4. The Bertz CT molecular complexity index is 552. The standard InChI is InChI=1S/C12H18N4O5/c1-7(11(18)15(2)3)16-8(6-9(17)20-4)10(13-14-16)12(19)21-5/h7H,6H2,1-5H3. The third-order valence-corrected chi connectivity index (χ3v) is 2.87. The van der Waals surface area contributed by atoms with E-state index in [-0.39, 0.29) is 23.7 Å². The molecule has 1 atom stereocenters. The summed E-state index contributed by atoms with van der Waals surface area (Å²) in [6.07, 6.45) is -0.237. The van der Waals surface area contributed by atoms with Crippen LogP contribution in [-0.2, 0) is 25.5 Å². The van der Waals surface area contributed by atoms with Crippen molar-refractivity contribution in [3.63, 3.8) is 0 Å². The van der Waals surface area contributed by atoms with Crippen molar-refractivity contribution in [1.29, 1.82) is 0 Å². The zero-order valence-electron chi connectivity index (χ0n) is 12.6. The molecule has 0 bridgehead atoms. The molecular weight excluding hydrogens is 280 g/mol. The third-order valence-electron chi connectivity index (χ3n) is 2.87. The topological polar surface area (TPSA) is 104 Å². The molecule has 1 aromatic heterocycles. The molecule has 1 unspecified atom stereocenters. The van der Waals surface area contributed by atoms with Crippen LogP contribution in [0.3, 0.4) is 0 Å². The van der Waals surface area contributed by atoms with Gasteiger partial charge >= 0.3 is 11.9 Å². The van der Waals surface area contributed by atoms with Gasteiger partial charge in [-0.15, -0.1) is 5.10 Å². The fourth-order valence-corrected chi connectivity index (χ4v) is 1.73. The summed E-state index contributed by atoms with van der Waals surface area (Å²) in [5, 5.41) is 7.48. The fraction of sp³-hybridized carbons (Fsp3) is 0.583. The van der Waals surface area contributed by atoms with Crippen molar-refractivity contribution in [1.82, 2.24) is 19.9 Å². The first-order chi connectivity index (χ1) is 9.83. The van der Waals surface area contributed by atoms with Gasteiger partial charge in [-0.25, -0.2) is 9.48 Å². The average molecular weight is 298 g/mol. The van der Waals surface area contributed by atoms with E-state index in [1.165, 1.54) is 23.8 Å². The fourth-order valence-electron chi connectivity index (χ4n) is 1.73. The summed E-state index contributed by atoms with van der Waals surface area (Å²) >= 11 is 0. The molecule has 0 saturated heterocycles. The molecule has 116 valence electrons. The molecule has 1 rings (SSSR count). The number of likely N-dealkylation sites (N-methyl/N-ethyl adjacent to an activating group) is 1. The Kier molecular flexibility index (Phi) is 5.39. The largest absolute Gasteiger partial charge is 0.469 e. The maximum absolute atomic E-state index is 12.0. The summed E-state index contributed by atoms with van der Waals surface area (Å²) in [4.78, 5) is 36.5. The van der Waals surface area contributed by atoms with Gasteiger partial charge in [-0.05, 0) is 6.92 Å². The highest BCUT2D eigenvalue weighted by Gasteiger charge is 2.28. The lowest BCUT2D eigenvalue weighted by atomic mass is 10.2. The number of aromatic nitrogens is 3. The van der Waals surface area contributed by atoms with Crippen LogP contribution in [0.25, 0.3) is 0 Å². The van der Waals surface area contributed by atoms with Crippen LogP contribution >= 0.6 is 0 Å². The third kappa shape index (κ3) is 3.56. The molecule has 0 saturated carbocycles. The number of carbonyl (C=O) groups is 3. The van der Waals surface area contributed by atoms with E-state index in [1.807, 2.05) is 0 Å². The summed E-state index contributed by atoms with van der Waals surface area (Å²) in [5.41, 5.74) is 0.0673. The Balaban J connectivity index is 3.25. The van der Waals surface area contributed by atoms with E-state index in [1.54, 1.807) is 21.0 Å². The summed E-state index contributed by atoms with van der Waals surface area (Å²) in [7, 11) is 5.61. The Morgan fingerprint density at radius 3 is 2.33 bits per heavy atom. The maximum atomic E-state index is 12.0. The number of carbonyl (C=O) groups excluding carboxylic acids is 3. The molecule has 0 aromatic carbocycles. The molecular formula is C12H18N4O5. The zero-order valence-corrected chi connectivity index (χ0v) is 12.6. The minimum Gasteiger partial charge on any atom is -0.469 e. The van der Waals surface area contributed by atoms with Crippen molar-refractivity contribution in [2.24, 2.45) is 0 Å². The SMILES string of the molecule is COC(=O)Cc1c(C(=O)OC)nnn1C(C)C(=O)N(C)C. The van der Waals surface area contributed by atoms with Crippen molar-refractivity contribution in [3.05, 3.63) is 11.4 Å². The second-order valence-corrected chi connectivity index (χ2v) is 4.48. The van der Waals surface area contributed by atoms with Crippen LogP contribution in [0.5, 0.6) is 0 Å². The number of methoxy groups -OCH3 is 2. The maximum Gasteiger partial charge on any atom is 0.360 e. The second-order valence-electron chi connectivity index (χ2n) is 4.48. The normalized spacial score (nSPS) is 11.7. The summed E-state index contributed by atoms with van der Waals surface area (Å²) in [5.74, 6) is -1.56. The van der Waals surface area contributed by atoms with E-state index >= 15 is 0 Å². The van der Waals surface area contributed by atoms with Crippen molar-refractivity contribution >= 4 is 17.8 Å². The molecule has 1 heterocycles. The Hall–Kier alpha value is -2.45. The number of ether oxygens (including phenoxy) is 2. The van der Waals surface area contributed by atoms with Crippen LogP contribution in [0, 0.1) is 0 Å². The molecule has 9 heteroatoms. The Morgan fingerprint density at radius 2 is 1.86 bits per heavy atom. The van der Waals surface area contributed by atoms with Crippen LogP contribution in [0.2, 0.25) is 0 Å². The summed E-state index contributed by atoms with van der Waals surface area (Å²) in [6.45, 7) is 1.60. The predicted octanol–water partition coefficient (Wildman–Crippen LogP) is -0.571. The van der Waals surface area contributed by atoms with E-state index in [0.717, 1.165) is 0 Å². The van der Waals surface area contributed by atoms with Crippen LogP contribution in [0.1, 0.15) is 29.1 Å². The molecule has 1 amide bonds. The summed E-state index contributed by atoms with van der Waals surface area (Å²) < 4.78 is 10.4. The minimum absolute atomic E-state index is 0.110. The molecule has 0 aliphatic heterocycles. The van der Waals surface area contributed by atoms with Gasteiger partial charge in [-0.1, -0.05) is 5.21 Å². The summed E-state index contributed by atoms with van der Waals surface area (Å²) in [6, 6.07) is -0.717. The van der Waals surface area contributed by atoms with Crippen LogP contribution < -0.4 is 0 Å². The molecule has 1 aromatic rings. The first-order valence-corrected chi connectivity index (χ1v) is 6.13. The van der Waals surface area contributed by atoms with Crippen LogP contribution in [-0.4, -0.2) is 66.1 Å². The van der Waals surface area contributed by atoms with E-state index in [2.05, 4.69) is 19.8 Å². The van der Waals surface area contributed by atoms with E-state index in [9.17, 15) is 14.4 Å². The smallest absolute Gasteiger partial charge is 0.360 e. The number of hydrogen-bond donors (Lipinski definition) is 0. The average Bonchev–Trinajstić information content (AvgIpc) is 2.87. The van der Waals surface area contributed by atoms with Gasteiger partial charge in [-0.2, -0.15) is 0 Å². The van der Waals surface area contributed by atoms with Crippen LogP contribution in [0.4, 0.5) is 0 Å². The van der Waals surface area contributed by atoms with Gasteiger partial charge < -0.3 is 14.4 Å². The van der Waals surface area contributed by atoms with Gasteiger partial charge in [0.25, 0.3) is 0 Å². The lowest BCUT2D eigenvalue weighted by Gasteiger charge is -2.18. The van der Waals surface area contributed by atoms with E-state index in [4.69, 9.17) is 0 Å². The molecule has 0 N–H and O–H groups in total. The van der Waals surface area contributed by atoms with Gasteiger partial charge in [0.2, 0.25) is 5.91 Å². The van der Waals surface area contributed by atoms with Gasteiger partial charge in [0.1, 0.15) is 6.04 Å². The minimum atomic E-state index is -0.732. The van der Waals surface area contributed by atoms with E-state index < -0.39 is 18.0 Å². The second kappa shape index (κ2) is 6.82. The van der Waals surface area contributed by atoms with Gasteiger partial charge in [0.05, 0.1) is 26.3 Å². The molecule has 9 nitrogen and oxygen atoms in total. The molecule has 0 aliphatic carbocycles. The molecule has 0 fully saturated rings. The molecule has 0 radical (unpaired) electrons. The predicted molar refractivity (Wildman–Crippen MR) is 70.5 cm³/mol. The monoisotopic (exact) mass is 298 g/mol. The Morgan fingerprint density at radius 1 is 1.24 bits per heavy atom. The van der Waals surface area contributed by atoms with Gasteiger partial charge in [-0.3, -0.25) is 9.59 Å². The van der Waals surface area contributed by atoms with Crippen molar-refractivity contribution in [2.45, 2.75) is 19.4 Å². The lowest BCUT2D eigenvalue weighted by Crippen LogP contribution is -2.32. The van der Waals surface area contributed by atoms with Crippen molar-refractivity contribution in [3.8, 4) is 0 Å². The highest BCUT2D eigenvalue weighted by atomic mass is 16.5. The first kappa shape index (κ1) is 16.6. The van der Waals surface area contributed by atoms with Crippen molar-refractivity contribution in [2.75, 3.05) is 28.3 Å². The highest BCUT2D eigenvalue weighted by Crippen LogP contribution is 2.16. The number of amides is 1. The van der Waals surface area contributed by atoms with Crippen LogP contribution in [0.15, 0.2) is 0 Å². The quantitative estimate of drug-likeness (QED) is 0.670. The van der Waals surface area contributed by atoms with E-state index in [0.29, 0.717) is 0 Å². The first-order valence-electron chi connectivity index (χ1n) is 6.13. The Labute approximate surface area is 121 Å². The molecule has 0 spiro atoms. The lowest BCUT2D eigenvalue weighted by molar-refractivity contribution is -0.140. The molecule has 0 aliphatic rings.